The molecular weight excluding hydrogens is 538 g/mol. The van der Waals surface area contributed by atoms with Crippen LogP contribution < -0.4 is 0 Å². The molecule has 1 N–H and O–H groups in total. The van der Waals surface area contributed by atoms with Gasteiger partial charge in [0.1, 0.15) is 11.6 Å². The third-order valence-corrected chi connectivity index (χ3v) is 9.07. The summed E-state index contributed by atoms with van der Waals surface area (Å²) in [6.07, 6.45) is 13.2. The highest BCUT2D eigenvalue weighted by atomic mass is 16.5. The Morgan fingerprint density at radius 1 is 1.00 bits per heavy atom. The molecule has 0 bridgehead atoms. The number of methoxy groups -OCH3 is 1. The van der Waals surface area contributed by atoms with E-state index in [0.717, 1.165) is 48.8 Å². The van der Waals surface area contributed by atoms with Crippen LogP contribution in [-0.2, 0) is 42.1 Å². The highest BCUT2D eigenvalue weighted by Gasteiger charge is 2.40. The lowest BCUT2D eigenvalue weighted by atomic mass is 9.77. The van der Waals surface area contributed by atoms with Crippen molar-refractivity contribution in [3.63, 3.8) is 0 Å². The minimum atomic E-state index is -0.225. The number of aromatic nitrogens is 4. The van der Waals surface area contributed by atoms with Crippen molar-refractivity contribution in [2.45, 2.75) is 79.1 Å². The van der Waals surface area contributed by atoms with Gasteiger partial charge in [0.05, 0.1) is 26.6 Å². The van der Waals surface area contributed by atoms with Crippen LogP contribution in [0.25, 0.3) is 0 Å². The molecule has 0 saturated carbocycles. The van der Waals surface area contributed by atoms with Crippen molar-refractivity contribution in [1.82, 2.24) is 34.2 Å². The zero-order chi connectivity index (χ0) is 30.3. The Balaban J connectivity index is 1.14. The standard InChI is InChI=1S/C34H51N7O2/c1-33(2,3)26-39-18-10-34(11-19-39)9-17-38(27-34)15-6-16-41-20-14-37-31(41)25-40(24-30-35-12-13-36-30)23-29-8-5-7-28(21-29)22-32(42)43-4/h5,7-8,12-14,20-21H,6,9-11,15-19,22-27H2,1-4H3,(H,35,36). The van der Waals surface area contributed by atoms with Gasteiger partial charge in [0.25, 0.3) is 0 Å². The predicted octanol–water partition coefficient (Wildman–Crippen LogP) is 4.75. The molecule has 4 heterocycles. The Hall–Kier alpha value is -3.01. The first kappa shape index (κ1) is 31.4. The van der Waals surface area contributed by atoms with Crippen LogP contribution in [0.4, 0.5) is 0 Å². The van der Waals surface area contributed by atoms with Gasteiger partial charge < -0.3 is 24.1 Å². The summed E-state index contributed by atoms with van der Waals surface area (Å²) in [4.78, 5) is 32.0. The summed E-state index contributed by atoms with van der Waals surface area (Å²) in [5.41, 5.74) is 3.03. The van der Waals surface area contributed by atoms with Crippen molar-refractivity contribution in [3.8, 4) is 0 Å². The number of carbonyl (C=O) groups is 1. The number of carbonyl (C=O) groups excluding carboxylic acids is 1. The SMILES string of the molecule is COC(=O)Cc1cccc(CN(Cc2ncc[nH]2)Cc2nccn2CCCN2CCC3(CCN(CC(C)(C)C)CC3)C2)c1. The maximum absolute atomic E-state index is 11.8. The number of aromatic amines is 1. The van der Waals surface area contributed by atoms with Crippen molar-refractivity contribution in [2.24, 2.45) is 10.8 Å². The Kier molecular flexibility index (Phi) is 10.4. The number of H-pyrrole nitrogens is 1. The lowest BCUT2D eigenvalue weighted by Crippen LogP contribution is -2.44. The second-order valence-electron chi connectivity index (χ2n) is 14.0. The van der Waals surface area contributed by atoms with E-state index in [0.29, 0.717) is 23.9 Å². The average molecular weight is 590 g/mol. The van der Waals surface area contributed by atoms with Crippen LogP contribution >= 0.6 is 0 Å². The number of likely N-dealkylation sites (tertiary alicyclic amines) is 2. The third-order valence-electron chi connectivity index (χ3n) is 9.07. The summed E-state index contributed by atoms with van der Waals surface area (Å²) in [5, 5.41) is 0. The average Bonchev–Trinajstić information content (AvgIpc) is 3.73. The van der Waals surface area contributed by atoms with Crippen molar-refractivity contribution < 1.29 is 9.53 Å². The molecule has 0 amide bonds. The molecule has 43 heavy (non-hydrogen) atoms. The largest absolute Gasteiger partial charge is 0.469 e. The first-order valence-electron chi connectivity index (χ1n) is 16.0. The van der Waals surface area contributed by atoms with Crippen LogP contribution in [-0.4, -0.2) is 86.6 Å². The Morgan fingerprint density at radius 2 is 1.77 bits per heavy atom. The molecule has 234 valence electrons. The van der Waals surface area contributed by atoms with Crippen molar-refractivity contribution in [1.29, 1.82) is 0 Å². The van der Waals surface area contributed by atoms with Gasteiger partial charge >= 0.3 is 5.97 Å². The first-order valence-corrected chi connectivity index (χ1v) is 16.0. The third kappa shape index (κ3) is 9.24. The summed E-state index contributed by atoms with van der Waals surface area (Å²) in [7, 11) is 1.43. The lowest BCUT2D eigenvalue weighted by molar-refractivity contribution is -0.139. The van der Waals surface area contributed by atoms with E-state index in [-0.39, 0.29) is 12.4 Å². The predicted molar refractivity (Wildman–Crippen MR) is 169 cm³/mol. The summed E-state index contributed by atoms with van der Waals surface area (Å²) in [5.74, 6) is 1.77. The van der Waals surface area contributed by atoms with Gasteiger partial charge in [-0.25, -0.2) is 9.97 Å². The number of hydrogen-bond donors (Lipinski definition) is 1. The molecule has 2 aromatic heterocycles. The van der Waals surface area contributed by atoms with Crippen LogP contribution in [0.5, 0.6) is 0 Å². The smallest absolute Gasteiger partial charge is 0.309 e. The molecule has 9 nitrogen and oxygen atoms in total. The first-order chi connectivity index (χ1) is 20.7. The number of benzene rings is 1. The Morgan fingerprint density at radius 3 is 2.49 bits per heavy atom. The number of imidazole rings is 2. The molecule has 1 spiro atoms. The molecule has 2 aliphatic rings. The van der Waals surface area contributed by atoms with E-state index < -0.39 is 0 Å². The van der Waals surface area contributed by atoms with Crippen LogP contribution in [0.15, 0.2) is 49.1 Å². The van der Waals surface area contributed by atoms with E-state index in [1.54, 1.807) is 6.20 Å². The van der Waals surface area contributed by atoms with Gasteiger partial charge in [-0.3, -0.25) is 9.69 Å². The van der Waals surface area contributed by atoms with E-state index >= 15 is 0 Å². The number of esters is 1. The van der Waals surface area contributed by atoms with Crippen LogP contribution in [0.3, 0.4) is 0 Å². The summed E-state index contributed by atoms with van der Waals surface area (Å²) >= 11 is 0. The fourth-order valence-corrected chi connectivity index (χ4v) is 6.94. The van der Waals surface area contributed by atoms with Gasteiger partial charge in [-0.2, -0.15) is 0 Å². The molecular formula is C34H51N7O2. The van der Waals surface area contributed by atoms with Crippen molar-refractivity contribution in [3.05, 3.63) is 71.8 Å². The molecule has 5 rings (SSSR count). The van der Waals surface area contributed by atoms with Crippen LogP contribution in [0, 0.1) is 10.8 Å². The zero-order valence-corrected chi connectivity index (χ0v) is 26.7. The molecule has 2 fully saturated rings. The van der Waals surface area contributed by atoms with Gasteiger partial charge in [-0.05, 0) is 73.8 Å². The fourth-order valence-electron chi connectivity index (χ4n) is 6.94. The minimum Gasteiger partial charge on any atom is -0.469 e. The van der Waals surface area contributed by atoms with Gasteiger partial charge in [0, 0.05) is 51.0 Å². The zero-order valence-electron chi connectivity index (χ0n) is 26.7. The molecule has 1 aromatic carbocycles. The second-order valence-corrected chi connectivity index (χ2v) is 14.0. The van der Waals surface area contributed by atoms with Gasteiger partial charge in [0.2, 0.25) is 0 Å². The van der Waals surface area contributed by atoms with E-state index in [1.165, 1.54) is 59.1 Å². The quantitative estimate of drug-likeness (QED) is 0.288. The number of rotatable bonds is 13. The second kappa shape index (κ2) is 14.2. The van der Waals surface area contributed by atoms with E-state index in [9.17, 15) is 4.79 Å². The maximum atomic E-state index is 11.8. The molecule has 0 radical (unpaired) electrons. The summed E-state index contributed by atoms with van der Waals surface area (Å²) in [6, 6.07) is 8.19. The van der Waals surface area contributed by atoms with Gasteiger partial charge in [0.15, 0.2) is 0 Å². The van der Waals surface area contributed by atoms with Crippen molar-refractivity contribution in [2.75, 3.05) is 46.4 Å². The molecule has 2 saturated heterocycles. The molecule has 0 aliphatic carbocycles. The number of nitrogens with zero attached hydrogens (tertiary/aromatic N) is 6. The number of nitrogens with one attached hydrogen (secondary N) is 1. The normalized spacial score (nSPS) is 17.7. The highest BCUT2D eigenvalue weighted by molar-refractivity contribution is 5.72. The monoisotopic (exact) mass is 589 g/mol. The highest BCUT2D eigenvalue weighted by Crippen LogP contribution is 2.40. The summed E-state index contributed by atoms with van der Waals surface area (Å²) in [6.45, 7) is 17.5. The van der Waals surface area contributed by atoms with Crippen LogP contribution in [0.2, 0.25) is 0 Å². The fraction of sp³-hybridized carbons (Fsp3) is 0.618. The van der Waals surface area contributed by atoms with E-state index in [2.05, 4.69) is 68.3 Å². The van der Waals surface area contributed by atoms with Gasteiger partial charge in [-0.1, -0.05) is 45.0 Å². The maximum Gasteiger partial charge on any atom is 0.309 e. The summed E-state index contributed by atoms with van der Waals surface area (Å²) < 4.78 is 7.18. The van der Waals surface area contributed by atoms with E-state index in [1.807, 2.05) is 24.5 Å². The lowest BCUT2D eigenvalue weighted by Gasteiger charge is -2.41. The van der Waals surface area contributed by atoms with Crippen LogP contribution in [0.1, 0.15) is 69.2 Å². The number of hydrogen-bond acceptors (Lipinski definition) is 7. The molecule has 0 unspecified atom stereocenters. The molecule has 2 aliphatic heterocycles. The minimum absolute atomic E-state index is 0.225. The molecule has 9 heteroatoms. The molecule has 3 aromatic rings. The van der Waals surface area contributed by atoms with Gasteiger partial charge in [-0.15, -0.1) is 0 Å². The molecule has 0 atom stereocenters. The Labute approximate surface area is 257 Å². The number of piperidine rings is 1. The topological polar surface area (TPSA) is 82.5 Å². The number of aryl methyl sites for hydroxylation is 1. The van der Waals surface area contributed by atoms with E-state index in [4.69, 9.17) is 9.72 Å². The van der Waals surface area contributed by atoms with Crippen molar-refractivity contribution >= 4 is 5.97 Å². The number of ether oxygens (including phenoxy) is 1. The Bertz CT molecular complexity index is 1290.